The van der Waals surface area contributed by atoms with Crippen LogP contribution in [0, 0.1) is 5.82 Å². The average molecular weight is 241 g/mol. The fourth-order valence-electron chi connectivity index (χ4n) is 1.79. The largest absolute Gasteiger partial charge is 0.347 e. The van der Waals surface area contributed by atoms with E-state index in [1.807, 2.05) is 0 Å². The first kappa shape index (κ1) is 11.1. The summed E-state index contributed by atoms with van der Waals surface area (Å²) >= 11 is 0. The highest BCUT2D eigenvalue weighted by Gasteiger charge is 2.12. The van der Waals surface area contributed by atoms with Crippen molar-refractivity contribution in [2.75, 3.05) is 6.26 Å². The molecule has 1 heterocycles. The van der Waals surface area contributed by atoms with E-state index in [2.05, 4.69) is 0 Å². The quantitative estimate of drug-likeness (QED) is 0.805. The molecule has 0 fully saturated rings. The Morgan fingerprint density at radius 1 is 1.38 bits per heavy atom. The van der Waals surface area contributed by atoms with Crippen molar-refractivity contribution in [3.8, 4) is 0 Å². The third-order valence-electron chi connectivity index (χ3n) is 2.54. The Morgan fingerprint density at radius 2 is 2.06 bits per heavy atom. The number of hydrogen-bond donors (Lipinski definition) is 0. The van der Waals surface area contributed by atoms with Crippen LogP contribution in [-0.2, 0) is 22.6 Å². The van der Waals surface area contributed by atoms with Crippen LogP contribution in [0.4, 0.5) is 4.39 Å². The zero-order valence-corrected chi connectivity index (χ0v) is 9.88. The molecule has 0 aliphatic rings. The third-order valence-corrected chi connectivity index (χ3v) is 3.36. The molecule has 16 heavy (non-hydrogen) atoms. The Balaban J connectivity index is 2.65. The molecule has 86 valence electrons. The van der Waals surface area contributed by atoms with E-state index >= 15 is 0 Å². The summed E-state index contributed by atoms with van der Waals surface area (Å²) in [4.78, 5) is 0. The van der Waals surface area contributed by atoms with Crippen LogP contribution in [0.15, 0.2) is 24.3 Å². The van der Waals surface area contributed by atoms with Crippen LogP contribution in [0.3, 0.4) is 0 Å². The topological polar surface area (TPSA) is 39.1 Å². The van der Waals surface area contributed by atoms with Gasteiger partial charge in [0.15, 0.2) is 9.84 Å². The zero-order chi connectivity index (χ0) is 11.9. The second-order valence-electron chi connectivity index (χ2n) is 3.94. The molecule has 1 aromatic carbocycles. The predicted octanol–water partition coefficient (Wildman–Crippen LogP) is 1.86. The molecule has 2 aromatic rings. The van der Waals surface area contributed by atoms with E-state index in [0.29, 0.717) is 16.6 Å². The predicted molar refractivity (Wildman–Crippen MR) is 61.4 cm³/mol. The number of fused-ring (bicyclic) bond motifs is 1. The Morgan fingerprint density at radius 3 is 2.62 bits per heavy atom. The van der Waals surface area contributed by atoms with E-state index in [0.717, 1.165) is 0 Å². The summed E-state index contributed by atoms with van der Waals surface area (Å²) in [6.07, 6.45) is 1.17. The van der Waals surface area contributed by atoms with E-state index in [1.165, 1.54) is 12.3 Å². The molecule has 0 saturated carbocycles. The average Bonchev–Trinajstić information content (AvgIpc) is 2.44. The molecule has 0 aliphatic heterocycles. The summed E-state index contributed by atoms with van der Waals surface area (Å²) in [5.74, 6) is -0.398. The zero-order valence-electron chi connectivity index (χ0n) is 9.07. The van der Waals surface area contributed by atoms with Gasteiger partial charge in [-0.1, -0.05) is 6.07 Å². The van der Waals surface area contributed by atoms with E-state index in [1.54, 1.807) is 29.8 Å². The van der Waals surface area contributed by atoms with Crippen molar-refractivity contribution in [3.05, 3.63) is 35.8 Å². The lowest BCUT2D eigenvalue weighted by Crippen LogP contribution is -2.05. The monoisotopic (exact) mass is 241 g/mol. The fourth-order valence-corrected chi connectivity index (χ4v) is 2.60. The summed E-state index contributed by atoms with van der Waals surface area (Å²) in [6, 6.07) is 6.34. The molecule has 0 bridgehead atoms. The first-order valence-corrected chi connectivity index (χ1v) is 6.85. The van der Waals surface area contributed by atoms with Crippen LogP contribution in [0.5, 0.6) is 0 Å². The number of hydrogen-bond acceptors (Lipinski definition) is 2. The minimum absolute atomic E-state index is 0.0718. The second kappa shape index (κ2) is 3.59. The lowest BCUT2D eigenvalue weighted by molar-refractivity contribution is 0.599. The van der Waals surface area contributed by atoms with Crippen molar-refractivity contribution in [2.24, 2.45) is 7.05 Å². The first-order chi connectivity index (χ1) is 7.38. The van der Waals surface area contributed by atoms with Crippen LogP contribution < -0.4 is 0 Å². The molecule has 1 aromatic heterocycles. The number of nitrogens with zero attached hydrogens (tertiary/aromatic N) is 1. The number of halogens is 1. The maximum atomic E-state index is 13.4. The minimum Gasteiger partial charge on any atom is -0.347 e. The van der Waals surface area contributed by atoms with Crippen molar-refractivity contribution in [1.82, 2.24) is 4.57 Å². The maximum absolute atomic E-state index is 13.4. The molecule has 3 nitrogen and oxygen atoms in total. The second-order valence-corrected chi connectivity index (χ2v) is 6.08. The Labute approximate surface area is 93.4 Å². The lowest BCUT2D eigenvalue weighted by Gasteiger charge is -2.02. The molecule has 2 rings (SSSR count). The molecule has 0 saturated heterocycles. The van der Waals surface area contributed by atoms with E-state index in [-0.39, 0.29) is 11.6 Å². The summed E-state index contributed by atoms with van der Waals surface area (Å²) in [5, 5.41) is 0.462. The number of aromatic nitrogens is 1. The van der Waals surface area contributed by atoms with Gasteiger partial charge in [-0.2, -0.15) is 0 Å². The number of sulfone groups is 1. The molecule has 0 aliphatic carbocycles. The maximum Gasteiger partial charge on any atom is 0.153 e. The first-order valence-electron chi connectivity index (χ1n) is 4.79. The van der Waals surface area contributed by atoms with Crippen LogP contribution in [0.2, 0.25) is 0 Å². The Bertz CT molecular complexity index is 643. The molecule has 0 spiro atoms. The lowest BCUT2D eigenvalue weighted by atomic mass is 10.2. The minimum atomic E-state index is -3.10. The van der Waals surface area contributed by atoms with Crippen molar-refractivity contribution >= 4 is 20.7 Å². The van der Waals surface area contributed by atoms with Gasteiger partial charge in [-0.15, -0.1) is 0 Å². The van der Waals surface area contributed by atoms with Gasteiger partial charge in [0, 0.05) is 24.4 Å². The van der Waals surface area contributed by atoms with Crippen LogP contribution in [-0.4, -0.2) is 19.2 Å². The van der Waals surface area contributed by atoms with Gasteiger partial charge in [-0.3, -0.25) is 0 Å². The third kappa shape index (κ3) is 1.95. The fraction of sp³-hybridized carbons (Fsp3) is 0.273. The molecule has 0 amide bonds. The highest BCUT2D eigenvalue weighted by atomic mass is 32.2. The number of rotatable bonds is 2. The van der Waals surface area contributed by atoms with Crippen LogP contribution >= 0.6 is 0 Å². The summed E-state index contributed by atoms with van der Waals surface area (Å²) in [6.45, 7) is 0. The molecule has 0 atom stereocenters. The molecular formula is C11H12FNO2S. The SMILES string of the molecule is Cn1c(CS(C)(=O)=O)cc2c(F)cccc21. The van der Waals surface area contributed by atoms with Crippen molar-refractivity contribution < 1.29 is 12.8 Å². The van der Waals surface area contributed by atoms with E-state index in [9.17, 15) is 12.8 Å². The van der Waals surface area contributed by atoms with Gasteiger partial charge in [0.25, 0.3) is 0 Å². The van der Waals surface area contributed by atoms with E-state index in [4.69, 9.17) is 0 Å². The summed E-state index contributed by atoms with van der Waals surface area (Å²) < 4.78 is 37.6. The van der Waals surface area contributed by atoms with Crippen LogP contribution in [0.1, 0.15) is 5.69 Å². The van der Waals surface area contributed by atoms with Gasteiger partial charge in [-0.25, -0.2) is 12.8 Å². The van der Waals surface area contributed by atoms with Crippen molar-refractivity contribution in [2.45, 2.75) is 5.75 Å². The molecular weight excluding hydrogens is 229 g/mol. The highest BCUT2D eigenvalue weighted by molar-refractivity contribution is 7.89. The number of aryl methyl sites for hydroxylation is 1. The Hall–Kier alpha value is -1.36. The van der Waals surface area contributed by atoms with Crippen molar-refractivity contribution in [3.63, 3.8) is 0 Å². The van der Waals surface area contributed by atoms with Gasteiger partial charge >= 0.3 is 0 Å². The number of benzene rings is 1. The van der Waals surface area contributed by atoms with E-state index < -0.39 is 9.84 Å². The summed E-state index contributed by atoms with van der Waals surface area (Å²) in [5.41, 5.74) is 1.31. The summed E-state index contributed by atoms with van der Waals surface area (Å²) in [7, 11) is -1.37. The molecule has 0 unspecified atom stereocenters. The molecule has 0 radical (unpaired) electrons. The standard InChI is InChI=1S/C11H12FNO2S/c1-13-8(7-16(2,14)15)6-9-10(12)4-3-5-11(9)13/h3-6H,7H2,1-2H3. The Kier molecular flexibility index (Phi) is 2.50. The highest BCUT2D eigenvalue weighted by Crippen LogP contribution is 2.22. The van der Waals surface area contributed by atoms with Crippen LogP contribution in [0.25, 0.3) is 10.9 Å². The van der Waals surface area contributed by atoms with Gasteiger partial charge < -0.3 is 4.57 Å². The smallest absolute Gasteiger partial charge is 0.153 e. The van der Waals surface area contributed by atoms with Gasteiger partial charge in [0.1, 0.15) is 5.82 Å². The normalized spacial score (nSPS) is 12.2. The molecule has 5 heteroatoms. The van der Waals surface area contributed by atoms with Gasteiger partial charge in [0.05, 0.1) is 11.3 Å². The molecule has 0 N–H and O–H groups in total. The van der Waals surface area contributed by atoms with Gasteiger partial charge in [-0.05, 0) is 18.2 Å². The van der Waals surface area contributed by atoms with Crippen molar-refractivity contribution in [1.29, 1.82) is 0 Å². The van der Waals surface area contributed by atoms with Gasteiger partial charge in [0.2, 0.25) is 0 Å².